The average Bonchev–Trinajstić information content (AvgIpc) is 2.39. The molecule has 19 heavy (non-hydrogen) atoms. The van der Waals surface area contributed by atoms with Crippen LogP contribution in [-0.4, -0.2) is 16.5 Å². The van der Waals surface area contributed by atoms with Gasteiger partial charge in [0.15, 0.2) is 0 Å². The van der Waals surface area contributed by atoms with Gasteiger partial charge >= 0.3 is 0 Å². The molecule has 0 bridgehead atoms. The lowest BCUT2D eigenvalue weighted by atomic mass is 9.82. The van der Waals surface area contributed by atoms with Crippen LogP contribution in [0.2, 0.25) is 0 Å². The number of nitrogens with one attached hydrogen (secondary N) is 2. The minimum atomic E-state index is -0.0167. The maximum atomic E-state index is 11.7. The second-order valence-electron chi connectivity index (χ2n) is 5.76. The molecule has 0 aromatic carbocycles. The lowest BCUT2D eigenvalue weighted by Gasteiger charge is -2.25. The summed E-state index contributed by atoms with van der Waals surface area (Å²) in [5.74, 6) is 2.15. The summed E-state index contributed by atoms with van der Waals surface area (Å²) >= 11 is 0. The van der Waals surface area contributed by atoms with Crippen LogP contribution in [0.5, 0.6) is 0 Å². The molecule has 4 nitrogen and oxygen atoms in total. The molecule has 0 amide bonds. The summed E-state index contributed by atoms with van der Waals surface area (Å²) in [6.07, 6.45) is 5.88. The zero-order valence-corrected chi connectivity index (χ0v) is 12.0. The fourth-order valence-electron chi connectivity index (χ4n) is 2.74. The summed E-state index contributed by atoms with van der Waals surface area (Å²) in [6.45, 7) is 6.09. The number of aromatic nitrogens is 2. The molecule has 1 heterocycles. The maximum Gasteiger partial charge on any atom is 0.251 e. The van der Waals surface area contributed by atoms with Gasteiger partial charge in [-0.05, 0) is 31.7 Å². The summed E-state index contributed by atoms with van der Waals surface area (Å²) in [5, 5.41) is 3.30. The largest absolute Gasteiger partial charge is 0.311 e. The van der Waals surface area contributed by atoms with E-state index in [0.29, 0.717) is 12.5 Å². The Hall–Kier alpha value is -1.16. The van der Waals surface area contributed by atoms with Crippen molar-refractivity contribution < 1.29 is 0 Å². The van der Waals surface area contributed by atoms with Gasteiger partial charge in [0.2, 0.25) is 0 Å². The Morgan fingerprint density at radius 1 is 1.37 bits per heavy atom. The smallest absolute Gasteiger partial charge is 0.251 e. The Labute approximate surface area is 115 Å². The SMILES string of the molecule is CCCNCc1cc(=O)[nH]c(C2CCC(C)CC2)n1. The van der Waals surface area contributed by atoms with Gasteiger partial charge in [0.25, 0.3) is 5.56 Å². The van der Waals surface area contributed by atoms with E-state index in [4.69, 9.17) is 0 Å². The first-order valence-electron chi connectivity index (χ1n) is 7.50. The van der Waals surface area contributed by atoms with Crippen LogP contribution in [-0.2, 0) is 6.54 Å². The number of rotatable bonds is 5. The Kier molecular flexibility index (Phi) is 5.14. The number of aromatic amines is 1. The first-order valence-corrected chi connectivity index (χ1v) is 7.50. The molecule has 1 fully saturated rings. The van der Waals surface area contributed by atoms with Crippen molar-refractivity contribution in [3.8, 4) is 0 Å². The molecule has 1 saturated carbocycles. The first-order chi connectivity index (χ1) is 9.19. The molecule has 0 spiro atoms. The lowest BCUT2D eigenvalue weighted by molar-refractivity contribution is 0.338. The van der Waals surface area contributed by atoms with Crippen molar-refractivity contribution >= 4 is 0 Å². The summed E-state index contributed by atoms with van der Waals surface area (Å²) in [7, 11) is 0. The van der Waals surface area contributed by atoms with Gasteiger partial charge in [-0.25, -0.2) is 4.98 Å². The monoisotopic (exact) mass is 263 g/mol. The highest BCUT2D eigenvalue weighted by molar-refractivity contribution is 5.06. The summed E-state index contributed by atoms with van der Waals surface area (Å²) in [5.41, 5.74) is 0.850. The van der Waals surface area contributed by atoms with Crippen LogP contribution in [0.25, 0.3) is 0 Å². The van der Waals surface area contributed by atoms with Crippen LogP contribution >= 0.6 is 0 Å². The van der Waals surface area contributed by atoms with Gasteiger partial charge in [0.1, 0.15) is 5.82 Å². The van der Waals surface area contributed by atoms with Gasteiger partial charge in [-0.3, -0.25) is 4.79 Å². The zero-order chi connectivity index (χ0) is 13.7. The maximum absolute atomic E-state index is 11.7. The Morgan fingerprint density at radius 2 is 2.11 bits per heavy atom. The highest BCUT2D eigenvalue weighted by atomic mass is 16.1. The van der Waals surface area contributed by atoms with Gasteiger partial charge in [-0.15, -0.1) is 0 Å². The summed E-state index contributed by atoms with van der Waals surface area (Å²) < 4.78 is 0. The van der Waals surface area contributed by atoms with E-state index in [1.807, 2.05) is 0 Å². The zero-order valence-electron chi connectivity index (χ0n) is 12.0. The number of hydrogen-bond donors (Lipinski definition) is 2. The van der Waals surface area contributed by atoms with Crippen molar-refractivity contribution in [2.75, 3.05) is 6.54 Å². The highest BCUT2D eigenvalue weighted by Crippen LogP contribution is 2.33. The van der Waals surface area contributed by atoms with Crippen molar-refractivity contribution in [1.29, 1.82) is 0 Å². The Balaban J connectivity index is 2.05. The third kappa shape index (κ3) is 4.16. The number of nitrogens with zero attached hydrogens (tertiary/aromatic N) is 1. The van der Waals surface area contributed by atoms with Crippen molar-refractivity contribution in [1.82, 2.24) is 15.3 Å². The van der Waals surface area contributed by atoms with Crippen LogP contribution in [0, 0.1) is 5.92 Å². The molecule has 0 atom stereocenters. The van der Waals surface area contributed by atoms with E-state index in [0.717, 1.165) is 43.2 Å². The Bertz CT molecular complexity index is 447. The molecule has 1 aromatic heterocycles. The second kappa shape index (κ2) is 6.85. The van der Waals surface area contributed by atoms with E-state index in [2.05, 4.69) is 29.1 Å². The lowest BCUT2D eigenvalue weighted by Crippen LogP contribution is -2.22. The molecule has 0 aliphatic heterocycles. The van der Waals surface area contributed by atoms with Crippen LogP contribution in [0.1, 0.15) is 63.4 Å². The molecule has 0 unspecified atom stereocenters. The van der Waals surface area contributed by atoms with Crippen LogP contribution in [0.4, 0.5) is 0 Å². The van der Waals surface area contributed by atoms with E-state index in [1.54, 1.807) is 6.07 Å². The highest BCUT2D eigenvalue weighted by Gasteiger charge is 2.21. The third-order valence-corrected chi connectivity index (χ3v) is 3.95. The molecule has 2 N–H and O–H groups in total. The quantitative estimate of drug-likeness (QED) is 0.803. The van der Waals surface area contributed by atoms with Gasteiger partial charge in [-0.2, -0.15) is 0 Å². The molecule has 4 heteroatoms. The van der Waals surface area contributed by atoms with E-state index in [-0.39, 0.29) is 5.56 Å². The number of H-pyrrole nitrogens is 1. The second-order valence-corrected chi connectivity index (χ2v) is 5.76. The molecular weight excluding hydrogens is 238 g/mol. The summed E-state index contributed by atoms with van der Waals surface area (Å²) in [6, 6.07) is 1.61. The molecule has 1 aliphatic rings. The van der Waals surface area contributed by atoms with Crippen LogP contribution < -0.4 is 10.9 Å². The van der Waals surface area contributed by atoms with Crippen molar-refractivity contribution in [2.24, 2.45) is 5.92 Å². The fourth-order valence-corrected chi connectivity index (χ4v) is 2.74. The molecule has 2 rings (SSSR count). The van der Waals surface area contributed by atoms with Gasteiger partial charge < -0.3 is 10.3 Å². The van der Waals surface area contributed by atoms with Crippen LogP contribution in [0.3, 0.4) is 0 Å². The predicted molar refractivity (Wildman–Crippen MR) is 77.2 cm³/mol. The molecular formula is C15H25N3O. The average molecular weight is 263 g/mol. The van der Waals surface area contributed by atoms with Crippen molar-refractivity contribution in [3.63, 3.8) is 0 Å². The predicted octanol–water partition coefficient (Wildman–Crippen LogP) is 2.56. The fraction of sp³-hybridized carbons (Fsp3) is 0.733. The number of hydrogen-bond acceptors (Lipinski definition) is 3. The molecule has 106 valence electrons. The van der Waals surface area contributed by atoms with Gasteiger partial charge in [-0.1, -0.05) is 26.7 Å². The van der Waals surface area contributed by atoms with E-state index >= 15 is 0 Å². The van der Waals surface area contributed by atoms with E-state index < -0.39 is 0 Å². The van der Waals surface area contributed by atoms with E-state index in [1.165, 1.54) is 12.8 Å². The van der Waals surface area contributed by atoms with Gasteiger partial charge in [0.05, 0.1) is 5.69 Å². The Morgan fingerprint density at radius 3 is 2.79 bits per heavy atom. The topological polar surface area (TPSA) is 57.8 Å². The van der Waals surface area contributed by atoms with E-state index in [9.17, 15) is 4.79 Å². The van der Waals surface area contributed by atoms with Crippen molar-refractivity contribution in [2.45, 2.75) is 58.4 Å². The summed E-state index contributed by atoms with van der Waals surface area (Å²) in [4.78, 5) is 19.3. The molecule has 1 aliphatic carbocycles. The molecule has 0 saturated heterocycles. The van der Waals surface area contributed by atoms with Crippen LogP contribution in [0.15, 0.2) is 10.9 Å². The third-order valence-electron chi connectivity index (χ3n) is 3.95. The molecule has 0 radical (unpaired) electrons. The minimum Gasteiger partial charge on any atom is -0.311 e. The van der Waals surface area contributed by atoms with Crippen molar-refractivity contribution in [3.05, 3.63) is 27.9 Å². The first kappa shape index (κ1) is 14.3. The molecule has 1 aromatic rings. The standard InChI is InChI=1S/C15H25N3O/c1-3-8-16-10-13-9-14(19)18-15(17-13)12-6-4-11(2)5-7-12/h9,11-12,16H,3-8,10H2,1-2H3,(H,17,18,19). The minimum absolute atomic E-state index is 0.0167. The van der Waals surface area contributed by atoms with Gasteiger partial charge in [0, 0.05) is 18.5 Å². The normalized spacial score (nSPS) is 23.5.